The lowest BCUT2D eigenvalue weighted by Crippen LogP contribution is -2.35. The van der Waals surface area contributed by atoms with Crippen LogP contribution in [0.4, 0.5) is 0 Å². The molecule has 6 rings (SSSR count). The summed E-state index contributed by atoms with van der Waals surface area (Å²) in [5, 5.41) is 8.89. The topological polar surface area (TPSA) is 102 Å². The van der Waals surface area contributed by atoms with E-state index in [1.165, 1.54) is 6.42 Å². The second-order valence-electron chi connectivity index (χ2n) is 11.1. The fourth-order valence-electron chi connectivity index (χ4n) is 5.47. The van der Waals surface area contributed by atoms with Gasteiger partial charge in [0.05, 0.1) is 0 Å². The monoisotopic (exact) mass is 602 g/mol. The molecule has 1 aromatic heterocycles. The lowest BCUT2D eigenvalue weighted by Gasteiger charge is -2.26. The van der Waals surface area contributed by atoms with E-state index in [-0.39, 0.29) is 12.5 Å². The van der Waals surface area contributed by atoms with E-state index in [0.29, 0.717) is 34.4 Å². The van der Waals surface area contributed by atoms with Crippen LogP contribution in [0.2, 0.25) is 0 Å². The predicted molar refractivity (Wildman–Crippen MR) is 171 cm³/mol. The van der Waals surface area contributed by atoms with Crippen LogP contribution in [0.5, 0.6) is 11.5 Å². The molecular weight excluding hydrogens is 568 g/mol. The van der Waals surface area contributed by atoms with Gasteiger partial charge in [-0.2, -0.15) is 0 Å². The number of likely N-dealkylation sites (tertiary alicyclic amines) is 1. The maximum Gasteiger partial charge on any atom is 0.341 e. The number of rotatable bonds is 10. The molecular formula is C37H34N2O6. The van der Waals surface area contributed by atoms with Gasteiger partial charge >= 0.3 is 5.97 Å². The number of oxazole rings is 1. The lowest BCUT2D eigenvalue weighted by molar-refractivity contribution is -0.139. The van der Waals surface area contributed by atoms with Gasteiger partial charge in [-0.25, -0.2) is 9.78 Å². The average molecular weight is 603 g/mol. The van der Waals surface area contributed by atoms with Gasteiger partial charge in [-0.15, -0.1) is 0 Å². The molecule has 0 spiro atoms. The molecule has 1 aliphatic rings. The Labute approximate surface area is 261 Å². The van der Waals surface area contributed by atoms with E-state index in [9.17, 15) is 9.59 Å². The zero-order chi connectivity index (χ0) is 31.2. The second kappa shape index (κ2) is 13.5. The smallest absolute Gasteiger partial charge is 0.341 e. The molecule has 45 heavy (non-hydrogen) atoms. The Kier molecular flexibility index (Phi) is 8.91. The van der Waals surface area contributed by atoms with Crippen LogP contribution < -0.4 is 9.47 Å². The predicted octanol–water partition coefficient (Wildman–Crippen LogP) is 7.65. The van der Waals surface area contributed by atoms with Gasteiger partial charge in [-0.3, -0.25) is 4.79 Å². The van der Waals surface area contributed by atoms with E-state index in [2.05, 4.69) is 24.3 Å². The van der Waals surface area contributed by atoms with E-state index >= 15 is 0 Å². The summed E-state index contributed by atoms with van der Waals surface area (Å²) in [7, 11) is 0. The molecule has 2 heterocycles. The minimum atomic E-state index is -1.04. The Morgan fingerprint density at radius 2 is 1.47 bits per heavy atom. The van der Waals surface area contributed by atoms with Crippen LogP contribution in [0, 0.1) is 6.92 Å². The van der Waals surface area contributed by atoms with Crippen molar-refractivity contribution < 1.29 is 28.6 Å². The summed E-state index contributed by atoms with van der Waals surface area (Å²) in [6.45, 7) is 3.09. The van der Waals surface area contributed by atoms with E-state index < -0.39 is 12.6 Å². The highest BCUT2D eigenvalue weighted by atomic mass is 16.5. The first kappa shape index (κ1) is 29.7. The van der Waals surface area contributed by atoms with Gasteiger partial charge < -0.3 is 23.9 Å². The number of ether oxygens (including phenoxy) is 2. The van der Waals surface area contributed by atoms with Crippen LogP contribution in [0.25, 0.3) is 33.7 Å². The molecule has 1 amide bonds. The molecule has 0 atom stereocenters. The molecule has 1 N–H and O–H groups in total. The maximum absolute atomic E-state index is 13.1. The number of hydrogen-bond donors (Lipinski definition) is 1. The summed E-state index contributed by atoms with van der Waals surface area (Å²) in [4.78, 5) is 30.7. The van der Waals surface area contributed by atoms with Crippen molar-refractivity contribution in [2.24, 2.45) is 0 Å². The lowest BCUT2D eigenvalue weighted by atomic mass is 10.0. The third-order valence-corrected chi connectivity index (χ3v) is 7.83. The number of aromatic nitrogens is 1. The molecule has 1 fully saturated rings. The number of carbonyl (C=O) groups excluding carboxylic acids is 1. The molecule has 4 aromatic carbocycles. The molecule has 5 aromatic rings. The zero-order valence-electron chi connectivity index (χ0n) is 25.1. The molecule has 0 aliphatic carbocycles. The summed E-state index contributed by atoms with van der Waals surface area (Å²) in [5.74, 6) is 1.07. The fraction of sp³-hybridized carbons (Fsp3) is 0.216. The van der Waals surface area contributed by atoms with Crippen LogP contribution >= 0.6 is 0 Å². The van der Waals surface area contributed by atoms with Crippen LogP contribution in [0.15, 0.2) is 101 Å². The van der Waals surface area contributed by atoms with Gasteiger partial charge in [0.2, 0.25) is 5.89 Å². The molecule has 8 heteroatoms. The Bertz CT molecular complexity index is 1770. The standard InChI is InChI=1S/C37H34N2O6/c1-25-22-31(18-19-32(25)44-24-34(40)41)43-23-33-38-35(28-12-16-30(17-13-28)37(42)39-20-6-3-7-21-39)36(45-33)29-14-10-27(11-15-29)26-8-4-2-5-9-26/h2,4-5,8-19,22H,3,6-7,20-21,23-24H2,1H3,(H,40,41). The Hall–Kier alpha value is -5.37. The third-order valence-electron chi connectivity index (χ3n) is 7.83. The van der Waals surface area contributed by atoms with Crippen LogP contribution in [0.1, 0.15) is 41.1 Å². The molecule has 0 bridgehead atoms. The molecule has 228 valence electrons. The number of amides is 1. The van der Waals surface area contributed by atoms with Crippen molar-refractivity contribution >= 4 is 11.9 Å². The minimum absolute atomic E-state index is 0.0573. The van der Waals surface area contributed by atoms with Gasteiger partial charge in [-0.05, 0) is 73.2 Å². The summed E-state index contributed by atoms with van der Waals surface area (Å²) >= 11 is 0. The van der Waals surface area contributed by atoms with Crippen molar-refractivity contribution in [3.63, 3.8) is 0 Å². The molecule has 0 radical (unpaired) electrons. The molecule has 0 saturated carbocycles. The first-order chi connectivity index (χ1) is 21.9. The average Bonchev–Trinajstić information content (AvgIpc) is 3.52. The van der Waals surface area contributed by atoms with Gasteiger partial charge in [-0.1, -0.05) is 66.7 Å². The number of carbonyl (C=O) groups is 2. The van der Waals surface area contributed by atoms with Crippen molar-refractivity contribution in [2.45, 2.75) is 32.8 Å². The van der Waals surface area contributed by atoms with E-state index in [1.54, 1.807) is 18.2 Å². The zero-order valence-corrected chi connectivity index (χ0v) is 25.1. The fourth-order valence-corrected chi connectivity index (χ4v) is 5.47. The van der Waals surface area contributed by atoms with Crippen molar-refractivity contribution in [1.29, 1.82) is 0 Å². The Balaban J connectivity index is 1.26. The van der Waals surface area contributed by atoms with E-state index in [4.69, 9.17) is 24.0 Å². The molecule has 1 aliphatic heterocycles. The Morgan fingerprint density at radius 3 is 2.16 bits per heavy atom. The molecule has 0 unspecified atom stereocenters. The first-order valence-electron chi connectivity index (χ1n) is 15.1. The number of carboxylic acid groups (broad SMARTS) is 1. The highest BCUT2D eigenvalue weighted by Crippen LogP contribution is 2.35. The number of aryl methyl sites for hydroxylation is 1. The van der Waals surface area contributed by atoms with Crippen LogP contribution in [-0.2, 0) is 11.4 Å². The normalized spacial score (nSPS) is 13.0. The van der Waals surface area contributed by atoms with Gasteiger partial charge in [0.15, 0.2) is 19.0 Å². The second-order valence-corrected chi connectivity index (χ2v) is 11.1. The summed E-state index contributed by atoms with van der Waals surface area (Å²) in [6, 6.07) is 31.1. The highest BCUT2D eigenvalue weighted by molar-refractivity contribution is 5.95. The van der Waals surface area contributed by atoms with E-state index in [0.717, 1.165) is 53.7 Å². The number of carboxylic acids is 1. The van der Waals surface area contributed by atoms with Gasteiger partial charge in [0, 0.05) is 29.8 Å². The van der Waals surface area contributed by atoms with Crippen LogP contribution in [0.3, 0.4) is 0 Å². The first-order valence-corrected chi connectivity index (χ1v) is 15.1. The number of piperidine rings is 1. The SMILES string of the molecule is Cc1cc(OCc2nc(-c3ccc(C(=O)N4CCCCC4)cc3)c(-c3ccc(-c4ccccc4)cc3)o2)ccc1OCC(=O)O. The largest absolute Gasteiger partial charge is 0.484 e. The van der Waals surface area contributed by atoms with Crippen molar-refractivity contribution in [3.8, 4) is 45.2 Å². The summed E-state index contributed by atoms with van der Waals surface area (Å²) in [6.07, 6.45) is 3.26. The van der Waals surface area contributed by atoms with Crippen LogP contribution in [-0.4, -0.2) is 46.6 Å². The van der Waals surface area contributed by atoms with Gasteiger partial charge in [0.25, 0.3) is 5.91 Å². The van der Waals surface area contributed by atoms with Crippen molar-refractivity contribution in [2.75, 3.05) is 19.7 Å². The minimum Gasteiger partial charge on any atom is -0.484 e. The number of nitrogens with zero attached hydrogens (tertiary/aromatic N) is 2. The van der Waals surface area contributed by atoms with Crippen molar-refractivity contribution in [1.82, 2.24) is 9.88 Å². The summed E-state index contributed by atoms with van der Waals surface area (Å²) in [5.41, 5.74) is 5.99. The quantitative estimate of drug-likeness (QED) is 0.175. The Morgan fingerprint density at radius 1 is 0.800 bits per heavy atom. The third kappa shape index (κ3) is 7.07. The number of benzene rings is 4. The van der Waals surface area contributed by atoms with E-state index in [1.807, 2.05) is 66.4 Å². The highest BCUT2D eigenvalue weighted by Gasteiger charge is 2.21. The number of aliphatic carboxylic acids is 1. The van der Waals surface area contributed by atoms with Crippen molar-refractivity contribution in [3.05, 3.63) is 114 Å². The molecule has 1 saturated heterocycles. The molecule has 8 nitrogen and oxygen atoms in total. The van der Waals surface area contributed by atoms with Gasteiger partial charge in [0.1, 0.15) is 17.2 Å². The number of hydrogen-bond acceptors (Lipinski definition) is 6. The summed E-state index contributed by atoms with van der Waals surface area (Å²) < 4.78 is 17.6. The maximum atomic E-state index is 13.1.